The Balaban J connectivity index is 1.16. The molecule has 2 aromatic carbocycles. The van der Waals surface area contributed by atoms with Crippen molar-refractivity contribution in [1.82, 2.24) is 9.80 Å². The molecule has 4 saturated heterocycles. The Bertz CT molecular complexity index is 1600. The molecule has 2 aromatic rings. The van der Waals surface area contributed by atoms with Crippen LogP contribution in [0.5, 0.6) is 5.75 Å². The van der Waals surface area contributed by atoms with E-state index < -0.39 is 41.1 Å². The lowest BCUT2D eigenvalue weighted by molar-refractivity contribution is -0.143. The van der Waals surface area contributed by atoms with Gasteiger partial charge >= 0.3 is 12.1 Å². The van der Waals surface area contributed by atoms with Crippen molar-refractivity contribution in [2.24, 2.45) is 11.8 Å². The van der Waals surface area contributed by atoms with Gasteiger partial charge in [0.05, 0.1) is 24.2 Å². The summed E-state index contributed by atoms with van der Waals surface area (Å²) in [6, 6.07) is 11.2. The van der Waals surface area contributed by atoms with Gasteiger partial charge in [-0.1, -0.05) is 31.5 Å². The molecule has 5 aliphatic rings. The first-order valence-corrected chi connectivity index (χ1v) is 19.0. The van der Waals surface area contributed by atoms with E-state index in [1.165, 1.54) is 12.1 Å². The first kappa shape index (κ1) is 37.0. The van der Waals surface area contributed by atoms with Crippen LogP contribution in [0.3, 0.4) is 0 Å². The van der Waals surface area contributed by atoms with Crippen molar-refractivity contribution >= 4 is 17.6 Å². The number of amides is 1. The molecular weight excluding hydrogens is 678 g/mol. The third-order valence-corrected chi connectivity index (χ3v) is 13.0. The molecule has 0 radical (unpaired) electrons. The third kappa shape index (κ3) is 7.01. The molecule has 8 nitrogen and oxygen atoms in total. The Morgan fingerprint density at radius 3 is 2.29 bits per heavy atom. The number of rotatable bonds is 8. The number of nitrogens with zero attached hydrogens (tertiary/aromatic N) is 3. The van der Waals surface area contributed by atoms with Crippen LogP contribution in [0.25, 0.3) is 0 Å². The fraction of sp³-hybridized carbons (Fsp3) is 0.650. The number of carbonyl (C=O) groups is 2. The summed E-state index contributed by atoms with van der Waals surface area (Å²) in [5.74, 6) is -2.42. The van der Waals surface area contributed by atoms with Crippen molar-refractivity contribution < 1.29 is 41.7 Å². The van der Waals surface area contributed by atoms with Crippen LogP contribution in [-0.4, -0.2) is 97.1 Å². The summed E-state index contributed by atoms with van der Waals surface area (Å²) in [6.07, 6.45) is 2.57. The summed E-state index contributed by atoms with van der Waals surface area (Å²) in [7, 11) is 1.58. The van der Waals surface area contributed by atoms with Crippen LogP contribution >= 0.6 is 0 Å². The number of halogens is 4. The van der Waals surface area contributed by atoms with Crippen LogP contribution in [0.15, 0.2) is 42.5 Å². The first-order chi connectivity index (χ1) is 24.8. The van der Waals surface area contributed by atoms with Gasteiger partial charge in [-0.2, -0.15) is 13.2 Å². The molecule has 0 unspecified atom stereocenters. The second-order valence-electron chi connectivity index (χ2n) is 15.8. The average Bonchev–Trinajstić information content (AvgIpc) is 3.89. The molecule has 5 fully saturated rings. The lowest BCUT2D eigenvalue weighted by Crippen LogP contribution is -2.51. The normalized spacial score (nSPS) is 31.8. The van der Waals surface area contributed by atoms with Gasteiger partial charge in [-0.25, -0.2) is 4.39 Å². The van der Waals surface area contributed by atoms with Crippen molar-refractivity contribution in [3.8, 4) is 5.75 Å². The van der Waals surface area contributed by atoms with E-state index in [0.717, 1.165) is 56.8 Å². The van der Waals surface area contributed by atoms with Crippen LogP contribution in [0, 0.1) is 11.8 Å². The van der Waals surface area contributed by atoms with Gasteiger partial charge in [0.15, 0.2) is 0 Å². The highest BCUT2D eigenvalue weighted by molar-refractivity contribution is 5.88. The number of hydrogen-bond donors (Lipinski definition) is 1. The van der Waals surface area contributed by atoms with Gasteiger partial charge < -0.3 is 24.4 Å². The standard InChI is InChI=1S/C40H51F4N3O5/c1-3-26-22-46(23-33(26)32-10-7-29(40(42,43)44)21-35(32)45-18-13-28(14-19-45)36(48)49)37(50)39(41)25-47(24-34(39)27-5-8-31(51-2)9-6-27)30-11-16-38(17-12-30)15-4-20-52-38/h5-10,21,26,28,30,33-34H,3-4,11-20,22-25H2,1-2H3,(H,48,49)/t26-,30?,33-,34-,38?,39-/m0/s1. The number of anilines is 1. The van der Waals surface area contributed by atoms with Gasteiger partial charge in [0.2, 0.25) is 5.67 Å². The molecule has 1 spiro atoms. The largest absolute Gasteiger partial charge is 0.497 e. The van der Waals surface area contributed by atoms with Gasteiger partial charge in [0, 0.05) is 69.4 Å². The SMILES string of the molecule is CC[C@H]1CN(C(=O)[C@]2(F)CN(C3CCC4(CCCO4)CC3)C[C@H]2c2ccc(OC)cc2)C[C@@H]1c1ccc(C(F)(F)F)cc1N1CCC(C(=O)O)CC1. The lowest BCUT2D eigenvalue weighted by Gasteiger charge is -2.40. The van der Waals surface area contributed by atoms with Crippen LogP contribution in [0.1, 0.15) is 93.2 Å². The van der Waals surface area contributed by atoms with Crippen molar-refractivity contribution in [1.29, 1.82) is 0 Å². The smallest absolute Gasteiger partial charge is 0.416 e. The second-order valence-corrected chi connectivity index (χ2v) is 15.8. The monoisotopic (exact) mass is 729 g/mol. The van der Waals surface area contributed by atoms with E-state index in [0.29, 0.717) is 62.4 Å². The number of carboxylic acid groups (broad SMARTS) is 1. The molecule has 1 aliphatic carbocycles. The summed E-state index contributed by atoms with van der Waals surface area (Å²) in [5, 5.41) is 9.53. The maximum atomic E-state index is 17.9. The fourth-order valence-corrected chi connectivity index (χ4v) is 9.93. The van der Waals surface area contributed by atoms with E-state index in [-0.39, 0.29) is 36.6 Å². The molecule has 4 heterocycles. The maximum Gasteiger partial charge on any atom is 0.416 e. The van der Waals surface area contributed by atoms with E-state index in [4.69, 9.17) is 9.47 Å². The minimum atomic E-state index is -4.55. The zero-order valence-electron chi connectivity index (χ0n) is 30.2. The van der Waals surface area contributed by atoms with Crippen molar-refractivity contribution in [2.45, 2.75) is 100 Å². The number of likely N-dealkylation sites (tertiary alicyclic amines) is 2. The topological polar surface area (TPSA) is 82.6 Å². The first-order valence-electron chi connectivity index (χ1n) is 19.0. The number of benzene rings is 2. The Morgan fingerprint density at radius 2 is 1.69 bits per heavy atom. The van der Waals surface area contributed by atoms with E-state index in [2.05, 4.69) is 4.90 Å². The molecule has 1 amide bonds. The number of aliphatic carboxylic acids is 1. The van der Waals surface area contributed by atoms with Crippen LogP contribution in [-0.2, 0) is 20.5 Å². The Kier molecular flexibility index (Phi) is 10.3. The number of alkyl halides is 4. The number of ether oxygens (including phenoxy) is 2. The number of piperidine rings is 1. The maximum absolute atomic E-state index is 17.9. The zero-order chi connectivity index (χ0) is 36.8. The quantitative estimate of drug-likeness (QED) is 0.287. The molecule has 0 aromatic heterocycles. The van der Waals surface area contributed by atoms with E-state index in [1.54, 1.807) is 24.1 Å². The summed E-state index contributed by atoms with van der Waals surface area (Å²) in [5.41, 5.74) is -1.16. The number of carbonyl (C=O) groups excluding carboxylic acids is 1. The predicted octanol–water partition coefficient (Wildman–Crippen LogP) is 7.27. The number of carboxylic acids is 1. The number of hydrogen-bond acceptors (Lipinski definition) is 6. The van der Waals surface area contributed by atoms with Crippen molar-refractivity contribution in [2.75, 3.05) is 57.9 Å². The van der Waals surface area contributed by atoms with Crippen LogP contribution in [0.2, 0.25) is 0 Å². The highest BCUT2D eigenvalue weighted by atomic mass is 19.4. The van der Waals surface area contributed by atoms with Gasteiger partial charge in [-0.05, 0) is 92.7 Å². The van der Waals surface area contributed by atoms with Gasteiger partial charge in [0.1, 0.15) is 5.75 Å². The zero-order valence-corrected chi connectivity index (χ0v) is 30.2. The second kappa shape index (κ2) is 14.5. The molecule has 12 heteroatoms. The van der Waals surface area contributed by atoms with Crippen LogP contribution in [0.4, 0.5) is 23.2 Å². The highest BCUT2D eigenvalue weighted by Crippen LogP contribution is 2.49. The highest BCUT2D eigenvalue weighted by Gasteiger charge is 2.58. The molecule has 0 bridgehead atoms. The fourth-order valence-electron chi connectivity index (χ4n) is 9.93. The molecule has 7 rings (SSSR count). The summed E-state index contributed by atoms with van der Waals surface area (Å²) < 4.78 is 71.4. The molecule has 284 valence electrons. The Labute approximate surface area is 303 Å². The molecule has 1 N–H and O–H groups in total. The number of methoxy groups -OCH3 is 1. The van der Waals surface area contributed by atoms with Gasteiger partial charge in [-0.3, -0.25) is 14.5 Å². The molecule has 4 atom stereocenters. The molecule has 4 aliphatic heterocycles. The Morgan fingerprint density at radius 1 is 0.981 bits per heavy atom. The summed E-state index contributed by atoms with van der Waals surface area (Å²) in [4.78, 5) is 32.0. The van der Waals surface area contributed by atoms with E-state index in [9.17, 15) is 27.9 Å². The van der Waals surface area contributed by atoms with E-state index >= 15 is 4.39 Å². The summed E-state index contributed by atoms with van der Waals surface area (Å²) in [6.45, 7) is 4.35. The molecule has 52 heavy (non-hydrogen) atoms. The minimum absolute atomic E-state index is 0.0109. The van der Waals surface area contributed by atoms with Crippen LogP contribution < -0.4 is 9.64 Å². The minimum Gasteiger partial charge on any atom is -0.497 e. The lowest BCUT2D eigenvalue weighted by atomic mass is 9.80. The van der Waals surface area contributed by atoms with Gasteiger partial charge in [0.25, 0.3) is 5.91 Å². The van der Waals surface area contributed by atoms with Crippen molar-refractivity contribution in [3.63, 3.8) is 0 Å². The predicted molar refractivity (Wildman–Crippen MR) is 188 cm³/mol. The molecule has 1 saturated carbocycles. The Hall–Kier alpha value is -3.38. The summed E-state index contributed by atoms with van der Waals surface area (Å²) >= 11 is 0. The average molecular weight is 730 g/mol. The molecular formula is C40H51F4N3O5. The third-order valence-electron chi connectivity index (χ3n) is 13.0. The van der Waals surface area contributed by atoms with Gasteiger partial charge in [-0.15, -0.1) is 0 Å². The van der Waals surface area contributed by atoms with E-state index in [1.807, 2.05) is 24.0 Å². The van der Waals surface area contributed by atoms with Crippen molar-refractivity contribution in [3.05, 3.63) is 59.2 Å².